The Hall–Kier alpha value is -5.03. The molecule has 60 heavy (non-hydrogen) atoms. The largest absolute Gasteiger partial charge is 0.463 e. The molecule has 14 nitrogen and oxygen atoms in total. The van der Waals surface area contributed by atoms with Crippen LogP contribution in [-0.4, -0.2) is 97.6 Å². The molecule has 2 saturated heterocycles. The van der Waals surface area contributed by atoms with E-state index in [0.29, 0.717) is 0 Å². The van der Waals surface area contributed by atoms with Gasteiger partial charge in [0.1, 0.15) is 43.2 Å². The lowest BCUT2D eigenvalue weighted by Crippen LogP contribution is -2.66. The number of ether oxygens (including phenoxy) is 10. The quantitative estimate of drug-likeness (QED) is 0.0968. The van der Waals surface area contributed by atoms with Crippen LogP contribution in [0.25, 0.3) is 0 Å². The van der Waals surface area contributed by atoms with Gasteiger partial charge >= 0.3 is 17.9 Å². The Morgan fingerprint density at radius 1 is 0.483 bits per heavy atom. The second kappa shape index (κ2) is 22.5. The molecule has 0 amide bonds. The van der Waals surface area contributed by atoms with Crippen molar-refractivity contribution in [3.8, 4) is 0 Å². The molecule has 4 aromatic rings. The van der Waals surface area contributed by atoms with Gasteiger partial charge in [0, 0.05) is 20.8 Å². The second-order valence-corrected chi connectivity index (χ2v) is 14.4. The summed E-state index contributed by atoms with van der Waals surface area (Å²) in [6.07, 6.45) is -12.3. The summed E-state index contributed by atoms with van der Waals surface area (Å²) in [6, 6.07) is 37.7. The molecule has 2 heterocycles. The molecule has 6 rings (SSSR count). The van der Waals surface area contributed by atoms with Gasteiger partial charge in [-0.05, 0) is 22.3 Å². The first-order valence-electron chi connectivity index (χ1n) is 19.8. The molecule has 0 radical (unpaired) electrons. The predicted molar refractivity (Wildman–Crippen MR) is 213 cm³/mol. The monoisotopic (exact) mass is 828 g/mol. The number of carbonyl (C=O) groups excluding carboxylic acids is 3. The number of aliphatic hydroxyl groups is 1. The molecule has 0 bridgehead atoms. The molecule has 4 aromatic carbocycles. The summed E-state index contributed by atoms with van der Waals surface area (Å²) in [6.45, 7) is 3.64. The molecule has 14 heteroatoms. The Morgan fingerprint density at radius 3 is 1.40 bits per heavy atom. The van der Waals surface area contributed by atoms with Gasteiger partial charge in [0.25, 0.3) is 0 Å². The van der Waals surface area contributed by atoms with Crippen molar-refractivity contribution in [1.82, 2.24) is 0 Å². The molecule has 2 aliphatic rings. The van der Waals surface area contributed by atoms with Crippen LogP contribution in [0.2, 0.25) is 0 Å². The summed E-state index contributed by atoms with van der Waals surface area (Å²) in [5.41, 5.74) is 3.37. The van der Waals surface area contributed by atoms with Crippen LogP contribution in [-0.2, 0) is 88.2 Å². The Bertz CT molecular complexity index is 1900. The van der Waals surface area contributed by atoms with E-state index in [-0.39, 0.29) is 33.0 Å². The lowest BCUT2D eigenvalue weighted by Gasteiger charge is -2.49. The fraction of sp³-hybridized carbons (Fsp3) is 0.413. The number of carbonyl (C=O) groups is 3. The average molecular weight is 829 g/mol. The molecule has 0 unspecified atom stereocenters. The summed E-state index contributed by atoms with van der Waals surface area (Å²) >= 11 is 0. The lowest BCUT2D eigenvalue weighted by molar-refractivity contribution is -0.370. The van der Waals surface area contributed by atoms with Gasteiger partial charge in [0.15, 0.2) is 24.8 Å². The molecule has 0 aromatic heterocycles. The van der Waals surface area contributed by atoms with Gasteiger partial charge in [-0.15, -0.1) is 0 Å². The second-order valence-electron chi connectivity index (χ2n) is 14.4. The first kappa shape index (κ1) is 44.5. The maximum Gasteiger partial charge on any atom is 0.303 e. The Morgan fingerprint density at radius 2 is 0.917 bits per heavy atom. The van der Waals surface area contributed by atoms with Crippen molar-refractivity contribution < 1.29 is 66.9 Å². The number of esters is 3. The molecular weight excluding hydrogens is 776 g/mol. The summed E-state index contributed by atoms with van der Waals surface area (Å²) in [5, 5.41) is 11.8. The third-order valence-corrected chi connectivity index (χ3v) is 9.80. The van der Waals surface area contributed by atoms with Gasteiger partial charge in [-0.3, -0.25) is 14.4 Å². The molecule has 0 aliphatic carbocycles. The van der Waals surface area contributed by atoms with Crippen molar-refractivity contribution >= 4 is 17.9 Å². The first-order valence-corrected chi connectivity index (χ1v) is 19.8. The normalized spacial score (nSPS) is 26.5. The Kier molecular flexibility index (Phi) is 16.7. The Labute approximate surface area is 349 Å². The minimum absolute atomic E-state index is 0.00210. The van der Waals surface area contributed by atoms with E-state index in [0.717, 1.165) is 22.3 Å². The SMILES string of the molecule is CC(=O)OC[C@H]1O[C@H](O[C@@H]2[C@@H](OCc3ccccc3)[C@@H](O)O[C@H](COCc3ccccc3)[C@H]2OCc2ccccc2)[C@H](OCc2ccccc2)[C@@H](OC(C)=O)[C@@H]1OC(C)=O. The predicted octanol–water partition coefficient (Wildman–Crippen LogP) is 5.21. The maximum atomic E-state index is 12.8. The van der Waals surface area contributed by atoms with E-state index in [4.69, 9.17) is 47.4 Å². The third kappa shape index (κ3) is 13.0. The molecule has 0 saturated carbocycles. The van der Waals surface area contributed by atoms with Gasteiger partial charge in [-0.2, -0.15) is 0 Å². The van der Waals surface area contributed by atoms with E-state index < -0.39 is 85.9 Å². The van der Waals surface area contributed by atoms with Gasteiger partial charge in [-0.1, -0.05) is 121 Å². The van der Waals surface area contributed by atoms with Crippen LogP contribution in [0.4, 0.5) is 0 Å². The fourth-order valence-electron chi connectivity index (χ4n) is 7.04. The molecular formula is C46H52O14. The number of rotatable bonds is 19. The molecule has 2 fully saturated rings. The molecule has 2 aliphatic heterocycles. The van der Waals surface area contributed by atoms with Crippen LogP contribution >= 0.6 is 0 Å². The highest BCUT2D eigenvalue weighted by Gasteiger charge is 2.55. The number of hydrogen-bond donors (Lipinski definition) is 1. The molecule has 1 N–H and O–H groups in total. The van der Waals surface area contributed by atoms with Crippen molar-refractivity contribution in [3.05, 3.63) is 144 Å². The van der Waals surface area contributed by atoms with Crippen molar-refractivity contribution in [2.45, 2.75) is 109 Å². The summed E-state index contributed by atoms with van der Waals surface area (Å²) in [4.78, 5) is 37.4. The standard InChI is InChI=1S/C46H52O14/c1-30(47)52-29-38-40(56-31(2)48)42(57-32(3)49)44(55-27-36-22-14-7-15-23-36)46(59-38)60-41-39(53-25-34-18-10-5-11-19-34)37(28-51-24-33-16-8-4-9-17-33)58-45(50)43(41)54-26-35-20-12-6-13-21-35/h4-23,37-46,50H,24-29H2,1-3H3/t37-,38-,39-,40-,41+,42+,43-,44-,45+,46-/m1/s1. The molecule has 10 atom stereocenters. The maximum absolute atomic E-state index is 12.8. The van der Waals surface area contributed by atoms with Crippen LogP contribution in [0.5, 0.6) is 0 Å². The average Bonchev–Trinajstić information content (AvgIpc) is 3.24. The van der Waals surface area contributed by atoms with Gasteiger partial charge in [0.05, 0.1) is 33.0 Å². The number of benzene rings is 4. The van der Waals surface area contributed by atoms with E-state index in [1.54, 1.807) is 0 Å². The van der Waals surface area contributed by atoms with E-state index in [2.05, 4.69) is 0 Å². The number of hydrogen-bond acceptors (Lipinski definition) is 14. The van der Waals surface area contributed by atoms with Crippen molar-refractivity contribution in [1.29, 1.82) is 0 Å². The van der Waals surface area contributed by atoms with Crippen molar-refractivity contribution in [3.63, 3.8) is 0 Å². The Balaban J connectivity index is 1.39. The lowest BCUT2D eigenvalue weighted by atomic mass is 9.96. The van der Waals surface area contributed by atoms with Gasteiger partial charge in [0.2, 0.25) is 0 Å². The van der Waals surface area contributed by atoms with Crippen LogP contribution in [0, 0.1) is 0 Å². The minimum atomic E-state index is -1.55. The van der Waals surface area contributed by atoms with Gasteiger partial charge < -0.3 is 52.5 Å². The van der Waals surface area contributed by atoms with E-state index in [1.807, 2.05) is 121 Å². The summed E-state index contributed by atoms with van der Waals surface area (Å²) in [5.74, 6) is -2.04. The first-order chi connectivity index (χ1) is 29.1. The third-order valence-electron chi connectivity index (χ3n) is 9.80. The molecule has 320 valence electrons. The summed E-state index contributed by atoms with van der Waals surface area (Å²) < 4.78 is 62.4. The van der Waals surface area contributed by atoms with Crippen LogP contribution in [0.3, 0.4) is 0 Å². The van der Waals surface area contributed by atoms with Crippen molar-refractivity contribution in [2.24, 2.45) is 0 Å². The smallest absolute Gasteiger partial charge is 0.303 e. The zero-order valence-corrected chi connectivity index (χ0v) is 33.8. The van der Waals surface area contributed by atoms with Crippen LogP contribution in [0.15, 0.2) is 121 Å². The summed E-state index contributed by atoms with van der Waals surface area (Å²) in [7, 11) is 0. The molecule has 0 spiro atoms. The zero-order chi connectivity index (χ0) is 42.3. The highest BCUT2D eigenvalue weighted by molar-refractivity contribution is 5.68. The van der Waals surface area contributed by atoms with Crippen LogP contribution < -0.4 is 0 Å². The van der Waals surface area contributed by atoms with E-state index in [1.165, 1.54) is 20.8 Å². The van der Waals surface area contributed by atoms with E-state index in [9.17, 15) is 19.5 Å². The number of aliphatic hydroxyl groups excluding tert-OH is 1. The highest BCUT2D eigenvalue weighted by Crippen LogP contribution is 2.36. The zero-order valence-electron chi connectivity index (χ0n) is 33.8. The van der Waals surface area contributed by atoms with E-state index >= 15 is 0 Å². The van der Waals surface area contributed by atoms with Gasteiger partial charge in [-0.25, -0.2) is 0 Å². The van der Waals surface area contributed by atoms with Crippen molar-refractivity contribution in [2.75, 3.05) is 13.2 Å². The van der Waals surface area contributed by atoms with Crippen LogP contribution in [0.1, 0.15) is 43.0 Å². The highest BCUT2D eigenvalue weighted by atomic mass is 16.8. The fourth-order valence-corrected chi connectivity index (χ4v) is 7.04. The minimum Gasteiger partial charge on any atom is -0.463 e. The topological polar surface area (TPSA) is 164 Å².